The second-order valence-electron chi connectivity index (χ2n) is 15.5. The highest BCUT2D eigenvalue weighted by Gasteiger charge is 2.64. The molecule has 0 amide bonds. The molecule has 2 aliphatic carbocycles. The van der Waals surface area contributed by atoms with E-state index in [1.165, 1.54) is 11.6 Å². The van der Waals surface area contributed by atoms with Gasteiger partial charge in [-0.25, -0.2) is 4.39 Å². The molecule has 1 saturated heterocycles. The van der Waals surface area contributed by atoms with Gasteiger partial charge in [-0.2, -0.15) is 11.8 Å². The maximum Gasteiger partial charge on any atom is 0.230 e. The molecule has 9 nitrogen and oxygen atoms in total. The number of aliphatic hydroxyl groups is 2. The van der Waals surface area contributed by atoms with Gasteiger partial charge in [0.15, 0.2) is 0 Å². The number of hydrogen-bond acceptors (Lipinski definition) is 10. The van der Waals surface area contributed by atoms with Crippen molar-refractivity contribution in [1.29, 1.82) is 0 Å². The Morgan fingerprint density at radius 2 is 1.84 bits per heavy atom. The summed E-state index contributed by atoms with van der Waals surface area (Å²) >= 11 is 1.84. The molecule has 7 atom stereocenters. The van der Waals surface area contributed by atoms with Gasteiger partial charge in [-0.3, -0.25) is 4.98 Å². The van der Waals surface area contributed by atoms with Crippen molar-refractivity contribution in [2.24, 2.45) is 22.9 Å². The Balaban J connectivity index is 1.34. The van der Waals surface area contributed by atoms with Crippen molar-refractivity contribution in [1.82, 2.24) is 4.98 Å². The van der Waals surface area contributed by atoms with Crippen molar-refractivity contribution in [3.63, 3.8) is 0 Å². The first-order valence-corrected chi connectivity index (χ1v) is 21.8. The molecule has 1 saturated carbocycles. The fourth-order valence-corrected chi connectivity index (χ4v) is 10.5. The monoisotopic (exact) mass is 800 g/mol. The predicted molar refractivity (Wildman–Crippen MR) is 221 cm³/mol. The molecule has 4 aliphatic rings. The quantitative estimate of drug-likeness (QED) is 0.0658. The van der Waals surface area contributed by atoms with Gasteiger partial charge in [-0.05, 0) is 110 Å². The maximum atomic E-state index is 14.7. The molecule has 0 radical (unpaired) electrons. The predicted octanol–water partition coefficient (Wildman–Crippen LogP) is 8.94. The Kier molecular flexibility index (Phi) is 14.7. The van der Waals surface area contributed by atoms with E-state index in [-0.39, 0.29) is 54.6 Å². The summed E-state index contributed by atoms with van der Waals surface area (Å²) in [7, 11) is 0. The van der Waals surface area contributed by atoms with Crippen molar-refractivity contribution >= 4 is 17.5 Å². The average Bonchev–Trinajstić information content (AvgIpc) is 3.24. The fourth-order valence-electron chi connectivity index (χ4n) is 9.13. The summed E-state index contributed by atoms with van der Waals surface area (Å²) in [5.74, 6) is 0.807. The second kappa shape index (κ2) is 20.3. The minimum atomic E-state index is -1.07. The van der Waals surface area contributed by atoms with Crippen molar-refractivity contribution in [3.05, 3.63) is 114 Å². The lowest BCUT2D eigenvalue weighted by Crippen LogP contribution is -2.64. The number of aryl methyl sites for hydroxylation is 1. The average molecular weight is 801 g/mol. The highest BCUT2D eigenvalue weighted by Crippen LogP contribution is 2.62. The molecular weight excluding hydrogens is 744 g/mol. The first-order chi connectivity index (χ1) is 28.0. The van der Waals surface area contributed by atoms with Crippen LogP contribution in [0.5, 0.6) is 11.5 Å². The summed E-state index contributed by atoms with van der Waals surface area (Å²) in [6.07, 6.45) is 16.7. The van der Waals surface area contributed by atoms with E-state index in [0.29, 0.717) is 37.4 Å². The number of allylic oxidation sites excluding steroid dienone is 1. The van der Waals surface area contributed by atoms with E-state index in [9.17, 15) is 14.6 Å². The van der Waals surface area contributed by atoms with Gasteiger partial charge < -0.3 is 34.0 Å². The minimum Gasteiger partial charge on any atom is -0.489 e. The number of aromatic nitrogens is 1. The molecule has 57 heavy (non-hydrogen) atoms. The molecule has 11 heteroatoms. The Bertz CT molecular complexity index is 1820. The lowest BCUT2D eigenvalue weighted by atomic mass is 9.56. The van der Waals surface area contributed by atoms with Crippen LogP contribution < -0.4 is 9.47 Å². The number of fused-ring (bicyclic) bond motifs is 2. The van der Waals surface area contributed by atoms with E-state index in [1.807, 2.05) is 42.4 Å². The van der Waals surface area contributed by atoms with Crippen molar-refractivity contribution in [3.8, 4) is 11.5 Å². The molecule has 306 valence electrons. The number of pyridine rings is 1. The third kappa shape index (κ3) is 9.77. The molecule has 1 aromatic heterocycles. The standard InChI is InChI=1S/C46H57FN2O7S/c1-2-25-54-46-42(57-27-20-32-18-21-48-22-19-32)30-40(49-56-43-15-7-10-26-52-43)37-28-33(11-5-8-23-50)36(13-6-9-24-51)44(45(37)46)38-29-35(16-17-41(38)55-46)53-31-34-12-3-4-14-39(34)47/h2-4,12,14,16-19,21-22,28-29,33,36,42-45,50-51H,1,5-11,13,15,20,23-27,30-31H2/t33-,36+,42-,43?,44+,45+,46+/m0/s1. The van der Waals surface area contributed by atoms with Crippen LogP contribution in [0.1, 0.15) is 86.8 Å². The van der Waals surface area contributed by atoms with Gasteiger partial charge in [0.05, 0.1) is 30.1 Å². The van der Waals surface area contributed by atoms with E-state index in [2.05, 4.69) is 35.8 Å². The zero-order chi connectivity index (χ0) is 39.5. The molecule has 0 bridgehead atoms. The van der Waals surface area contributed by atoms with Crippen molar-refractivity contribution in [2.75, 3.05) is 32.2 Å². The zero-order valence-electron chi connectivity index (χ0n) is 32.8. The molecule has 2 fully saturated rings. The summed E-state index contributed by atoms with van der Waals surface area (Å²) < 4.78 is 41.3. The molecule has 1 unspecified atom stereocenters. The SMILES string of the molecule is C=CCO[C@@]12Oc3ccc(OCc4ccccc4F)cc3[C@H]3[C@H](CCCCO)[C@@H](CCCCO)C=C(C(=NOC4CCCCO4)C[C@@H]1SCCc1ccncc1)[C@H]32. The molecular formula is C46H57FN2O7S. The van der Waals surface area contributed by atoms with Gasteiger partial charge in [0.1, 0.15) is 23.9 Å². The molecule has 0 spiro atoms. The summed E-state index contributed by atoms with van der Waals surface area (Å²) in [5.41, 5.74) is 4.68. The first-order valence-electron chi connectivity index (χ1n) is 20.8. The van der Waals surface area contributed by atoms with Crippen LogP contribution in [0.4, 0.5) is 4.39 Å². The van der Waals surface area contributed by atoms with Gasteiger partial charge in [-0.15, -0.1) is 6.58 Å². The van der Waals surface area contributed by atoms with Crippen LogP contribution in [0.2, 0.25) is 0 Å². The lowest BCUT2D eigenvalue weighted by molar-refractivity contribution is -0.223. The van der Waals surface area contributed by atoms with E-state index in [0.717, 1.165) is 86.1 Å². The van der Waals surface area contributed by atoms with E-state index in [4.69, 9.17) is 28.9 Å². The maximum absolute atomic E-state index is 14.7. The summed E-state index contributed by atoms with van der Waals surface area (Å²) in [5, 5.41) is 24.6. The zero-order valence-corrected chi connectivity index (χ0v) is 33.6. The number of nitrogens with zero attached hydrogens (tertiary/aromatic N) is 2. The number of rotatable bonds is 20. The Hall–Kier alpha value is -3.74. The van der Waals surface area contributed by atoms with Gasteiger partial charge in [0.25, 0.3) is 0 Å². The Morgan fingerprint density at radius 3 is 2.61 bits per heavy atom. The van der Waals surface area contributed by atoms with Crippen molar-refractivity contribution in [2.45, 2.75) is 100 Å². The smallest absolute Gasteiger partial charge is 0.230 e. The number of aliphatic hydroxyl groups excluding tert-OH is 2. The van der Waals surface area contributed by atoms with Gasteiger partial charge in [-0.1, -0.05) is 48.3 Å². The van der Waals surface area contributed by atoms with Crippen LogP contribution >= 0.6 is 11.8 Å². The fraction of sp³-hybridized carbons (Fsp3) is 0.522. The van der Waals surface area contributed by atoms with Crippen LogP contribution in [-0.2, 0) is 27.3 Å². The van der Waals surface area contributed by atoms with Crippen LogP contribution in [-0.4, -0.2) is 70.4 Å². The molecule has 7 rings (SSSR count). The highest BCUT2D eigenvalue weighted by atomic mass is 32.2. The van der Waals surface area contributed by atoms with Crippen LogP contribution in [0, 0.1) is 23.6 Å². The highest BCUT2D eigenvalue weighted by molar-refractivity contribution is 8.00. The molecule has 2 N–H and O–H groups in total. The van der Waals surface area contributed by atoms with Crippen LogP contribution in [0.3, 0.4) is 0 Å². The van der Waals surface area contributed by atoms with Gasteiger partial charge in [0, 0.05) is 55.5 Å². The first kappa shape index (κ1) is 41.4. The van der Waals surface area contributed by atoms with E-state index < -0.39 is 12.1 Å². The van der Waals surface area contributed by atoms with Crippen LogP contribution in [0.25, 0.3) is 0 Å². The molecule has 2 aliphatic heterocycles. The number of ether oxygens (including phenoxy) is 4. The third-order valence-corrected chi connectivity index (χ3v) is 13.2. The van der Waals surface area contributed by atoms with Gasteiger partial charge in [0.2, 0.25) is 12.1 Å². The topological polar surface area (TPSA) is 112 Å². The number of halogens is 1. The molecule has 2 aromatic carbocycles. The van der Waals surface area contributed by atoms with Crippen molar-refractivity contribution < 1.29 is 38.4 Å². The summed E-state index contributed by atoms with van der Waals surface area (Å²) in [6.45, 7) is 5.36. The van der Waals surface area contributed by atoms with Crippen LogP contribution in [0.15, 0.2) is 96.5 Å². The van der Waals surface area contributed by atoms with E-state index in [1.54, 1.807) is 18.2 Å². The normalized spacial score (nSPS) is 27.1. The minimum absolute atomic E-state index is 0.0758. The number of benzene rings is 2. The summed E-state index contributed by atoms with van der Waals surface area (Å²) in [6, 6.07) is 16.8. The second-order valence-corrected chi connectivity index (χ2v) is 16.8. The lowest BCUT2D eigenvalue weighted by Gasteiger charge is -2.58. The molecule has 3 aromatic rings. The number of unbranched alkanes of at least 4 members (excludes halogenated alkanes) is 2. The molecule has 3 heterocycles. The Labute approximate surface area is 340 Å². The summed E-state index contributed by atoms with van der Waals surface area (Å²) in [4.78, 5) is 10.5. The van der Waals surface area contributed by atoms with Gasteiger partial charge >= 0.3 is 0 Å². The third-order valence-electron chi connectivity index (χ3n) is 11.9. The number of hydrogen-bond donors (Lipinski definition) is 2. The Morgan fingerprint density at radius 1 is 1.02 bits per heavy atom. The number of thioether (sulfide) groups is 1. The van der Waals surface area contributed by atoms with E-state index >= 15 is 0 Å². The largest absolute Gasteiger partial charge is 0.489 e. The number of oxime groups is 1.